The molecule has 0 saturated heterocycles. The number of hydrogen-bond donors (Lipinski definition) is 0. The van der Waals surface area contributed by atoms with Gasteiger partial charge in [-0.05, 0) is 63.2 Å². The SMILES string of the molecule is CC(=CCCc1ccccc1)CCC=C(C)CO[Si](C)(C)C(C)(C)C. The van der Waals surface area contributed by atoms with Gasteiger partial charge in [-0.1, -0.05) is 74.4 Å². The van der Waals surface area contributed by atoms with Crippen LogP contribution in [0.4, 0.5) is 0 Å². The minimum atomic E-state index is -1.63. The van der Waals surface area contributed by atoms with Gasteiger partial charge < -0.3 is 4.43 Å². The molecule has 1 aromatic rings. The normalized spacial score (nSPS) is 14.0. The highest BCUT2D eigenvalue weighted by Crippen LogP contribution is 2.36. The monoisotopic (exact) mass is 358 g/mol. The van der Waals surface area contributed by atoms with Crippen LogP contribution in [0.15, 0.2) is 53.6 Å². The third-order valence-corrected chi connectivity index (χ3v) is 9.75. The summed E-state index contributed by atoms with van der Waals surface area (Å²) in [5.41, 5.74) is 4.28. The van der Waals surface area contributed by atoms with E-state index in [1.807, 2.05) is 0 Å². The average molecular weight is 359 g/mol. The molecule has 1 nitrogen and oxygen atoms in total. The maximum Gasteiger partial charge on any atom is 0.192 e. The fourth-order valence-electron chi connectivity index (χ4n) is 2.35. The smallest absolute Gasteiger partial charge is 0.192 e. The third kappa shape index (κ3) is 8.69. The largest absolute Gasteiger partial charge is 0.413 e. The molecule has 1 aromatic carbocycles. The van der Waals surface area contributed by atoms with Crippen LogP contribution in [0.3, 0.4) is 0 Å². The van der Waals surface area contributed by atoms with E-state index in [1.54, 1.807) is 0 Å². The Morgan fingerprint density at radius 1 is 0.960 bits per heavy atom. The molecule has 0 spiro atoms. The zero-order valence-corrected chi connectivity index (χ0v) is 18.5. The van der Waals surface area contributed by atoms with Gasteiger partial charge in [0.1, 0.15) is 0 Å². The summed E-state index contributed by atoms with van der Waals surface area (Å²) in [5, 5.41) is 0.283. The van der Waals surface area contributed by atoms with Crippen molar-refractivity contribution in [3.05, 3.63) is 59.2 Å². The summed E-state index contributed by atoms with van der Waals surface area (Å²) < 4.78 is 6.28. The molecule has 0 saturated carbocycles. The second kappa shape index (κ2) is 10.1. The van der Waals surface area contributed by atoms with Crippen LogP contribution in [0.25, 0.3) is 0 Å². The molecule has 0 heterocycles. The highest BCUT2D eigenvalue weighted by Gasteiger charge is 2.36. The quantitative estimate of drug-likeness (QED) is 0.332. The summed E-state index contributed by atoms with van der Waals surface area (Å²) in [7, 11) is -1.63. The van der Waals surface area contributed by atoms with Crippen molar-refractivity contribution in [3.63, 3.8) is 0 Å². The molecule has 0 aromatic heterocycles. The van der Waals surface area contributed by atoms with Crippen LogP contribution in [-0.2, 0) is 10.8 Å². The molecular formula is C23H38OSi. The molecule has 0 amide bonds. The fourth-order valence-corrected chi connectivity index (χ4v) is 3.37. The number of rotatable bonds is 9. The van der Waals surface area contributed by atoms with Crippen molar-refractivity contribution in [1.29, 1.82) is 0 Å². The standard InChI is InChI=1S/C23H38OSi/c1-20(14-12-18-22-16-9-8-10-17-22)13-11-15-21(2)19-24-25(6,7)23(3,4)5/h8-10,14-17H,11-13,18-19H2,1-7H3. The first-order valence-corrected chi connectivity index (χ1v) is 12.5. The summed E-state index contributed by atoms with van der Waals surface area (Å²) >= 11 is 0. The Bertz CT molecular complexity index is 562. The van der Waals surface area contributed by atoms with Crippen molar-refractivity contribution in [1.82, 2.24) is 0 Å². The maximum atomic E-state index is 6.28. The Labute approximate surface area is 157 Å². The van der Waals surface area contributed by atoms with E-state index in [1.165, 1.54) is 16.7 Å². The Morgan fingerprint density at radius 2 is 1.56 bits per heavy atom. The molecule has 1 rings (SSSR count). The van der Waals surface area contributed by atoms with E-state index in [4.69, 9.17) is 4.43 Å². The molecule has 0 N–H and O–H groups in total. The van der Waals surface area contributed by atoms with Crippen molar-refractivity contribution in [2.24, 2.45) is 0 Å². The molecule has 0 unspecified atom stereocenters. The second-order valence-electron chi connectivity index (χ2n) is 8.71. The van der Waals surface area contributed by atoms with Crippen LogP contribution in [-0.4, -0.2) is 14.9 Å². The fraction of sp³-hybridized carbons (Fsp3) is 0.565. The predicted molar refractivity (Wildman–Crippen MR) is 115 cm³/mol. The lowest BCUT2D eigenvalue weighted by Gasteiger charge is -2.36. The van der Waals surface area contributed by atoms with Gasteiger partial charge in [0, 0.05) is 0 Å². The lowest BCUT2D eigenvalue weighted by Crippen LogP contribution is -2.41. The average Bonchev–Trinajstić information content (AvgIpc) is 2.53. The van der Waals surface area contributed by atoms with Crippen LogP contribution in [0, 0.1) is 0 Å². The predicted octanol–water partition coefficient (Wildman–Crippen LogP) is 7.31. The van der Waals surface area contributed by atoms with Gasteiger partial charge in [0.2, 0.25) is 0 Å². The summed E-state index contributed by atoms with van der Waals surface area (Å²) in [6, 6.07) is 10.7. The zero-order chi connectivity index (χ0) is 18.9. The van der Waals surface area contributed by atoms with Gasteiger partial charge in [-0.25, -0.2) is 0 Å². The number of hydrogen-bond acceptors (Lipinski definition) is 1. The van der Waals surface area contributed by atoms with Crippen molar-refractivity contribution in [3.8, 4) is 0 Å². The Balaban J connectivity index is 2.32. The van der Waals surface area contributed by atoms with E-state index in [0.717, 1.165) is 32.3 Å². The number of benzene rings is 1. The highest BCUT2D eigenvalue weighted by atomic mass is 28.4. The van der Waals surface area contributed by atoms with Gasteiger partial charge in [-0.2, -0.15) is 0 Å². The molecule has 0 aliphatic rings. The lowest BCUT2D eigenvalue weighted by molar-refractivity contribution is 0.318. The van der Waals surface area contributed by atoms with Gasteiger partial charge in [0.25, 0.3) is 0 Å². The molecule has 140 valence electrons. The molecule has 0 aliphatic heterocycles. The Kier molecular flexibility index (Phi) is 8.88. The molecule has 0 radical (unpaired) electrons. The maximum absolute atomic E-state index is 6.28. The topological polar surface area (TPSA) is 9.23 Å². The summed E-state index contributed by atoms with van der Waals surface area (Å²) in [4.78, 5) is 0. The van der Waals surface area contributed by atoms with Crippen molar-refractivity contribution in [2.75, 3.05) is 6.61 Å². The summed E-state index contributed by atoms with van der Waals surface area (Å²) in [6.07, 6.45) is 9.26. The molecular weight excluding hydrogens is 320 g/mol. The van der Waals surface area contributed by atoms with E-state index in [9.17, 15) is 0 Å². The molecule has 2 heteroatoms. The van der Waals surface area contributed by atoms with Crippen molar-refractivity contribution in [2.45, 2.75) is 78.4 Å². The van der Waals surface area contributed by atoms with Gasteiger partial charge in [-0.15, -0.1) is 0 Å². The van der Waals surface area contributed by atoms with Crippen molar-refractivity contribution < 1.29 is 4.43 Å². The van der Waals surface area contributed by atoms with Crippen LogP contribution < -0.4 is 0 Å². The van der Waals surface area contributed by atoms with Gasteiger partial charge in [0.15, 0.2) is 8.32 Å². The summed E-state index contributed by atoms with van der Waals surface area (Å²) in [6.45, 7) is 16.8. The first kappa shape index (κ1) is 21.9. The third-order valence-electron chi connectivity index (χ3n) is 5.27. The van der Waals surface area contributed by atoms with Crippen LogP contribution >= 0.6 is 0 Å². The van der Waals surface area contributed by atoms with E-state index < -0.39 is 8.32 Å². The van der Waals surface area contributed by atoms with E-state index in [2.05, 4.69) is 90.2 Å². The van der Waals surface area contributed by atoms with Gasteiger partial charge in [-0.3, -0.25) is 0 Å². The van der Waals surface area contributed by atoms with E-state index in [-0.39, 0.29) is 5.04 Å². The Hall–Kier alpha value is -1.12. The van der Waals surface area contributed by atoms with Gasteiger partial charge in [0.05, 0.1) is 6.61 Å². The molecule has 0 bridgehead atoms. The second-order valence-corrected chi connectivity index (χ2v) is 13.5. The van der Waals surface area contributed by atoms with Gasteiger partial charge >= 0.3 is 0 Å². The first-order valence-electron chi connectivity index (χ1n) is 9.61. The van der Waals surface area contributed by atoms with Crippen LogP contribution in [0.5, 0.6) is 0 Å². The molecule has 0 fully saturated rings. The minimum Gasteiger partial charge on any atom is -0.413 e. The highest BCUT2D eigenvalue weighted by molar-refractivity contribution is 6.74. The first-order chi connectivity index (χ1) is 11.6. The molecule has 0 aliphatic carbocycles. The van der Waals surface area contributed by atoms with Crippen molar-refractivity contribution >= 4 is 8.32 Å². The lowest BCUT2D eigenvalue weighted by atomic mass is 10.1. The number of allylic oxidation sites excluding steroid dienone is 3. The summed E-state index contributed by atoms with van der Waals surface area (Å²) in [5.74, 6) is 0. The molecule has 0 atom stereocenters. The Morgan fingerprint density at radius 3 is 2.16 bits per heavy atom. The van der Waals surface area contributed by atoms with Crippen LogP contribution in [0.1, 0.15) is 59.4 Å². The van der Waals surface area contributed by atoms with E-state index >= 15 is 0 Å². The molecule has 25 heavy (non-hydrogen) atoms. The minimum absolute atomic E-state index is 0.283. The van der Waals surface area contributed by atoms with E-state index in [0.29, 0.717) is 0 Å². The zero-order valence-electron chi connectivity index (χ0n) is 17.5. The van der Waals surface area contributed by atoms with Crippen LogP contribution in [0.2, 0.25) is 18.1 Å². The number of aryl methyl sites for hydroxylation is 1.